The van der Waals surface area contributed by atoms with E-state index in [9.17, 15) is 9.50 Å². The van der Waals surface area contributed by atoms with E-state index in [4.69, 9.17) is 5.10 Å². The van der Waals surface area contributed by atoms with Gasteiger partial charge in [-0.2, -0.15) is 5.10 Å². The quantitative estimate of drug-likeness (QED) is 0.714. The van der Waals surface area contributed by atoms with Gasteiger partial charge < -0.3 is 5.11 Å². The first kappa shape index (κ1) is 18.7. The summed E-state index contributed by atoms with van der Waals surface area (Å²) in [5.41, 5.74) is 5.19. The predicted octanol–water partition coefficient (Wildman–Crippen LogP) is 4.71. The molecule has 4 nitrogen and oxygen atoms in total. The number of nitrogens with zero attached hydrogens (tertiary/aromatic N) is 3. The number of likely N-dealkylation sites (tertiary alicyclic amines) is 1. The van der Waals surface area contributed by atoms with Gasteiger partial charge in [0.1, 0.15) is 11.6 Å². The molecule has 1 aliphatic heterocycles. The van der Waals surface area contributed by atoms with E-state index in [0.717, 1.165) is 37.3 Å². The van der Waals surface area contributed by atoms with E-state index < -0.39 is 0 Å². The average molecular weight is 379 g/mol. The summed E-state index contributed by atoms with van der Waals surface area (Å²) in [6, 6.07) is 14.8. The number of hydrogen-bond acceptors (Lipinski definition) is 3. The molecule has 2 aromatic carbocycles. The topological polar surface area (TPSA) is 41.3 Å². The van der Waals surface area contributed by atoms with Crippen molar-refractivity contribution in [3.8, 4) is 11.4 Å². The third-order valence-electron chi connectivity index (χ3n) is 5.63. The minimum absolute atomic E-state index is 0.115. The van der Waals surface area contributed by atoms with Crippen molar-refractivity contribution in [3.63, 3.8) is 0 Å². The molecule has 4 rings (SSSR count). The lowest BCUT2D eigenvalue weighted by Gasteiger charge is -2.32. The molecular weight excluding hydrogens is 353 g/mol. The van der Waals surface area contributed by atoms with Gasteiger partial charge in [-0.15, -0.1) is 0 Å². The zero-order valence-electron chi connectivity index (χ0n) is 16.4. The molecule has 3 aromatic rings. The van der Waals surface area contributed by atoms with Gasteiger partial charge >= 0.3 is 0 Å². The van der Waals surface area contributed by atoms with Crippen LogP contribution in [0, 0.1) is 19.7 Å². The van der Waals surface area contributed by atoms with E-state index >= 15 is 0 Å². The van der Waals surface area contributed by atoms with Gasteiger partial charge in [-0.05, 0) is 75.7 Å². The van der Waals surface area contributed by atoms with E-state index in [1.54, 1.807) is 0 Å². The molecule has 0 saturated carbocycles. The number of aromatic hydroxyl groups is 1. The largest absolute Gasteiger partial charge is 0.508 e. The normalized spacial score (nSPS) is 15.8. The van der Waals surface area contributed by atoms with Crippen LogP contribution in [-0.4, -0.2) is 32.9 Å². The Morgan fingerprint density at radius 1 is 1.07 bits per heavy atom. The van der Waals surface area contributed by atoms with E-state index in [1.807, 2.05) is 13.0 Å². The third kappa shape index (κ3) is 3.80. The molecule has 28 heavy (non-hydrogen) atoms. The van der Waals surface area contributed by atoms with Gasteiger partial charge in [0.05, 0.1) is 11.4 Å². The first-order chi connectivity index (χ1) is 13.5. The van der Waals surface area contributed by atoms with Gasteiger partial charge in [-0.25, -0.2) is 9.07 Å². The van der Waals surface area contributed by atoms with Crippen LogP contribution in [0.5, 0.6) is 5.75 Å². The predicted molar refractivity (Wildman–Crippen MR) is 108 cm³/mol. The fourth-order valence-corrected chi connectivity index (χ4v) is 4.11. The van der Waals surface area contributed by atoms with Crippen molar-refractivity contribution >= 4 is 0 Å². The number of para-hydroxylation sites is 1. The highest BCUT2D eigenvalue weighted by atomic mass is 19.1. The summed E-state index contributed by atoms with van der Waals surface area (Å²) in [6.07, 6.45) is 2.02. The van der Waals surface area contributed by atoms with Crippen LogP contribution in [0.25, 0.3) is 5.69 Å². The van der Waals surface area contributed by atoms with Crippen molar-refractivity contribution in [2.45, 2.75) is 39.2 Å². The minimum atomic E-state index is -0.256. The summed E-state index contributed by atoms with van der Waals surface area (Å²) in [7, 11) is 0. The highest BCUT2D eigenvalue weighted by Crippen LogP contribution is 2.31. The Balaban J connectivity index is 1.49. The van der Waals surface area contributed by atoms with E-state index in [0.29, 0.717) is 18.0 Å². The van der Waals surface area contributed by atoms with E-state index in [-0.39, 0.29) is 11.6 Å². The van der Waals surface area contributed by atoms with Gasteiger partial charge in [0.2, 0.25) is 0 Å². The second-order valence-electron chi connectivity index (χ2n) is 7.74. The van der Waals surface area contributed by atoms with Crippen molar-refractivity contribution < 1.29 is 9.50 Å². The first-order valence-corrected chi connectivity index (χ1v) is 9.83. The number of aromatic nitrogens is 2. The molecule has 0 aliphatic carbocycles. The second-order valence-corrected chi connectivity index (χ2v) is 7.74. The van der Waals surface area contributed by atoms with Crippen LogP contribution in [0.3, 0.4) is 0 Å². The fourth-order valence-electron chi connectivity index (χ4n) is 4.11. The Bertz CT molecular complexity index is 974. The zero-order chi connectivity index (χ0) is 19.7. The standard InChI is InChI=1S/C23H26FN3O/c1-16-5-3-4-6-22(16)27-23(13-17(2)25-27)18-9-11-26(12-10-18)15-19-14-20(28)7-8-21(19)24/h3-8,13-14,18,28H,9-12,15H2,1-2H3. The van der Waals surface area contributed by atoms with E-state index in [1.165, 1.54) is 29.5 Å². The molecule has 5 heteroatoms. The monoisotopic (exact) mass is 379 g/mol. The lowest BCUT2D eigenvalue weighted by molar-refractivity contribution is 0.200. The van der Waals surface area contributed by atoms with Crippen LogP contribution in [0.4, 0.5) is 4.39 Å². The molecule has 146 valence electrons. The van der Waals surface area contributed by atoms with Crippen LogP contribution in [0.15, 0.2) is 48.5 Å². The number of aryl methyl sites for hydroxylation is 2. The molecule has 0 bridgehead atoms. The molecule has 0 radical (unpaired) electrons. The van der Waals surface area contributed by atoms with Crippen LogP contribution >= 0.6 is 0 Å². The number of rotatable bonds is 4. The van der Waals surface area contributed by atoms with Gasteiger partial charge in [0.15, 0.2) is 0 Å². The summed E-state index contributed by atoms with van der Waals surface area (Å²) in [4.78, 5) is 2.26. The lowest BCUT2D eigenvalue weighted by Crippen LogP contribution is -2.33. The number of phenolic OH excluding ortho intramolecular Hbond substituents is 1. The smallest absolute Gasteiger partial charge is 0.127 e. The summed E-state index contributed by atoms with van der Waals surface area (Å²) in [5, 5.41) is 14.4. The highest BCUT2D eigenvalue weighted by molar-refractivity contribution is 5.41. The van der Waals surface area contributed by atoms with Crippen molar-refractivity contribution in [1.29, 1.82) is 0 Å². The molecule has 0 spiro atoms. The lowest BCUT2D eigenvalue weighted by atomic mass is 9.92. The molecule has 2 heterocycles. The highest BCUT2D eigenvalue weighted by Gasteiger charge is 2.25. The van der Waals surface area contributed by atoms with Crippen LogP contribution < -0.4 is 0 Å². The molecule has 1 N–H and O–H groups in total. The molecule has 1 aliphatic rings. The van der Waals surface area contributed by atoms with Crippen LogP contribution in [0.2, 0.25) is 0 Å². The van der Waals surface area contributed by atoms with Crippen molar-refractivity contribution in [2.75, 3.05) is 13.1 Å². The SMILES string of the molecule is Cc1cc(C2CCN(Cc3cc(O)ccc3F)CC2)n(-c2ccccc2C)n1. The van der Waals surface area contributed by atoms with Gasteiger partial charge in [-0.1, -0.05) is 18.2 Å². The molecule has 0 atom stereocenters. The molecule has 0 amide bonds. The van der Waals surface area contributed by atoms with Crippen LogP contribution in [-0.2, 0) is 6.54 Å². The maximum Gasteiger partial charge on any atom is 0.127 e. The number of hydrogen-bond donors (Lipinski definition) is 1. The fraction of sp³-hybridized carbons (Fsp3) is 0.348. The van der Waals surface area contributed by atoms with E-state index in [2.05, 4.69) is 40.8 Å². The Kier molecular flexibility index (Phi) is 5.18. The Hall–Kier alpha value is -2.66. The number of halogens is 1. The van der Waals surface area contributed by atoms with Crippen molar-refractivity contribution in [1.82, 2.24) is 14.7 Å². The van der Waals surface area contributed by atoms with Crippen molar-refractivity contribution in [2.24, 2.45) is 0 Å². The molecule has 1 fully saturated rings. The third-order valence-corrected chi connectivity index (χ3v) is 5.63. The second kappa shape index (κ2) is 7.76. The number of piperidine rings is 1. The molecule has 1 saturated heterocycles. The number of phenols is 1. The summed E-state index contributed by atoms with van der Waals surface area (Å²) >= 11 is 0. The molecule has 0 unspecified atom stereocenters. The first-order valence-electron chi connectivity index (χ1n) is 9.83. The summed E-state index contributed by atoms with van der Waals surface area (Å²) < 4.78 is 16.1. The molecule has 1 aromatic heterocycles. The zero-order valence-corrected chi connectivity index (χ0v) is 16.4. The average Bonchev–Trinajstić information content (AvgIpc) is 3.07. The van der Waals surface area contributed by atoms with Gasteiger partial charge in [0.25, 0.3) is 0 Å². The Labute approximate surface area is 165 Å². The molecular formula is C23H26FN3O. The minimum Gasteiger partial charge on any atom is -0.508 e. The van der Waals surface area contributed by atoms with Gasteiger partial charge in [0, 0.05) is 23.7 Å². The van der Waals surface area contributed by atoms with Crippen molar-refractivity contribution in [3.05, 3.63) is 76.9 Å². The van der Waals surface area contributed by atoms with Gasteiger partial charge in [-0.3, -0.25) is 4.90 Å². The maximum absolute atomic E-state index is 14.0. The Morgan fingerprint density at radius 3 is 2.57 bits per heavy atom. The maximum atomic E-state index is 14.0. The Morgan fingerprint density at radius 2 is 1.82 bits per heavy atom. The van der Waals surface area contributed by atoms with Crippen LogP contribution in [0.1, 0.15) is 41.3 Å². The summed E-state index contributed by atoms with van der Waals surface area (Å²) in [6.45, 7) is 6.49. The number of benzene rings is 2. The summed E-state index contributed by atoms with van der Waals surface area (Å²) in [5.74, 6) is 0.295.